The van der Waals surface area contributed by atoms with Crippen molar-refractivity contribution < 1.29 is 4.79 Å². The van der Waals surface area contributed by atoms with Crippen LogP contribution >= 0.6 is 12.6 Å². The van der Waals surface area contributed by atoms with Crippen molar-refractivity contribution in [3.63, 3.8) is 0 Å². The maximum atomic E-state index is 10.8. The number of carbonyl (C=O) groups excluding carboxylic acids is 1. The fraction of sp³-hybridized carbons (Fsp3) is 0.222. The molecule has 1 rings (SSSR count). The summed E-state index contributed by atoms with van der Waals surface area (Å²) in [6, 6.07) is 9.75. The summed E-state index contributed by atoms with van der Waals surface area (Å²) in [7, 11) is 0. The molecule has 0 spiro atoms. The molecule has 0 aromatic heterocycles. The number of nitrogens with one attached hydrogen (secondary N) is 1. The SMILES string of the molecule is O=C(C[S])NCc1ccccc1. The van der Waals surface area contributed by atoms with Crippen LogP contribution in [0, 0.1) is 0 Å². The fourth-order valence-electron chi connectivity index (χ4n) is 0.848. The molecule has 0 saturated heterocycles. The minimum Gasteiger partial charge on any atom is -0.351 e. The first-order valence-corrected chi connectivity index (χ1v) is 4.29. The predicted octanol–water partition coefficient (Wildman–Crippen LogP) is 1.50. The van der Waals surface area contributed by atoms with Gasteiger partial charge in [0, 0.05) is 6.54 Å². The topological polar surface area (TPSA) is 29.1 Å². The van der Waals surface area contributed by atoms with Crippen LogP contribution in [0.1, 0.15) is 5.56 Å². The van der Waals surface area contributed by atoms with E-state index in [9.17, 15) is 4.79 Å². The van der Waals surface area contributed by atoms with Gasteiger partial charge in [0.1, 0.15) is 0 Å². The molecule has 0 aliphatic rings. The Kier molecular flexibility index (Phi) is 3.67. The van der Waals surface area contributed by atoms with E-state index in [2.05, 4.69) is 17.9 Å². The maximum absolute atomic E-state index is 10.8. The van der Waals surface area contributed by atoms with Crippen molar-refractivity contribution in [3.8, 4) is 0 Å². The number of hydrogen-bond acceptors (Lipinski definition) is 1. The highest BCUT2D eigenvalue weighted by atomic mass is 32.1. The summed E-state index contributed by atoms with van der Waals surface area (Å²) in [5.41, 5.74) is 1.09. The molecule has 0 heterocycles. The van der Waals surface area contributed by atoms with E-state index in [1.165, 1.54) is 0 Å². The summed E-state index contributed by atoms with van der Waals surface area (Å²) in [4.78, 5) is 10.8. The molecule has 1 aromatic rings. The Morgan fingerprint density at radius 2 is 2.00 bits per heavy atom. The van der Waals surface area contributed by atoms with Gasteiger partial charge in [0.25, 0.3) is 0 Å². The first kappa shape index (κ1) is 9.13. The Bertz CT molecular complexity index is 248. The number of rotatable bonds is 3. The van der Waals surface area contributed by atoms with Gasteiger partial charge in [-0.05, 0) is 5.56 Å². The van der Waals surface area contributed by atoms with E-state index in [0.29, 0.717) is 6.54 Å². The van der Waals surface area contributed by atoms with Gasteiger partial charge in [0.15, 0.2) is 0 Å². The smallest absolute Gasteiger partial charge is 0.231 e. The Labute approximate surface area is 77.4 Å². The lowest BCUT2D eigenvalue weighted by molar-refractivity contribution is -0.118. The largest absolute Gasteiger partial charge is 0.351 e. The van der Waals surface area contributed by atoms with Gasteiger partial charge in [-0.1, -0.05) is 43.0 Å². The summed E-state index contributed by atoms with van der Waals surface area (Å²) in [6.45, 7) is 0.566. The van der Waals surface area contributed by atoms with E-state index >= 15 is 0 Å². The minimum absolute atomic E-state index is 0.0890. The zero-order valence-electron chi connectivity index (χ0n) is 6.62. The van der Waals surface area contributed by atoms with Crippen LogP contribution in [0.25, 0.3) is 0 Å². The van der Waals surface area contributed by atoms with Gasteiger partial charge in [-0.2, -0.15) is 0 Å². The predicted molar refractivity (Wildman–Crippen MR) is 50.7 cm³/mol. The van der Waals surface area contributed by atoms with E-state index in [1.807, 2.05) is 30.3 Å². The van der Waals surface area contributed by atoms with E-state index in [-0.39, 0.29) is 11.7 Å². The second kappa shape index (κ2) is 4.83. The molecule has 12 heavy (non-hydrogen) atoms. The van der Waals surface area contributed by atoms with Crippen molar-refractivity contribution in [2.24, 2.45) is 0 Å². The molecule has 0 aliphatic heterocycles. The zero-order chi connectivity index (χ0) is 8.81. The first-order valence-electron chi connectivity index (χ1n) is 3.71. The van der Waals surface area contributed by atoms with Gasteiger partial charge >= 0.3 is 0 Å². The molecule has 0 unspecified atom stereocenters. The van der Waals surface area contributed by atoms with Crippen LogP contribution in [0.3, 0.4) is 0 Å². The molecule has 1 N–H and O–H groups in total. The van der Waals surface area contributed by atoms with E-state index in [4.69, 9.17) is 0 Å². The Balaban J connectivity index is 2.38. The third kappa shape index (κ3) is 2.96. The second-order valence-corrected chi connectivity index (χ2v) is 2.70. The highest BCUT2D eigenvalue weighted by Gasteiger charge is 1.96. The van der Waals surface area contributed by atoms with Crippen molar-refractivity contribution in [1.82, 2.24) is 5.32 Å². The minimum atomic E-state index is -0.0890. The quantitative estimate of drug-likeness (QED) is 0.750. The average Bonchev–Trinajstić information content (AvgIpc) is 2.16. The highest BCUT2D eigenvalue weighted by molar-refractivity contribution is 7.81. The van der Waals surface area contributed by atoms with Crippen LogP contribution in [0.5, 0.6) is 0 Å². The summed E-state index contributed by atoms with van der Waals surface area (Å²) in [6.07, 6.45) is 0. The van der Waals surface area contributed by atoms with Gasteiger partial charge in [0.2, 0.25) is 5.91 Å². The summed E-state index contributed by atoms with van der Waals surface area (Å²) >= 11 is 4.58. The van der Waals surface area contributed by atoms with Gasteiger partial charge < -0.3 is 5.32 Å². The van der Waals surface area contributed by atoms with Gasteiger partial charge in [0.05, 0.1) is 5.75 Å². The molecule has 0 bridgehead atoms. The molecule has 1 amide bonds. The number of benzene rings is 1. The van der Waals surface area contributed by atoms with Crippen LogP contribution in [0.15, 0.2) is 30.3 Å². The Morgan fingerprint density at radius 3 is 2.58 bits per heavy atom. The number of amides is 1. The molecule has 0 fully saturated rings. The van der Waals surface area contributed by atoms with Crippen molar-refractivity contribution in [2.45, 2.75) is 6.54 Å². The lowest BCUT2D eigenvalue weighted by Gasteiger charge is -2.01. The second-order valence-electron chi connectivity index (χ2n) is 2.41. The standard InChI is InChI=1S/C9H10NOS/c11-9(7-12)10-6-8-4-2-1-3-5-8/h1-5H,6-7H2,(H,10,11). The molecule has 0 saturated carbocycles. The third-order valence-electron chi connectivity index (χ3n) is 1.46. The first-order chi connectivity index (χ1) is 5.83. The van der Waals surface area contributed by atoms with Crippen molar-refractivity contribution in [2.75, 3.05) is 5.75 Å². The van der Waals surface area contributed by atoms with Crippen molar-refractivity contribution >= 4 is 18.5 Å². The average molecular weight is 180 g/mol. The fourth-order valence-corrected chi connectivity index (χ4v) is 0.950. The lowest BCUT2D eigenvalue weighted by atomic mass is 10.2. The molecule has 1 aromatic carbocycles. The molecule has 63 valence electrons. The van der Waals surface area contributed by atoms with E-state index in [0.717, 1.165) is 5.56 Å². The Hall–Kier alpha value is -0.960. The summed E-state index contributed by atoms with van der Waals surface area (Å²) < 4.78 is 0. The maximum Gasteiger partial charge on any atom is 0.231 e. The third-order valence-corrected chi connectivity index (χ3v) is 1.73. The number of hydrogen-bond donors (Lipinski definition) is 1. The molecule has 2 nitrogen and oxygen atoms in total. The Morgan fingerprint density at radius 1 is 1.33 bits per heavy atom. The normalized spacial score (nSPS) is 9.42. The van der Waals surface area contributed by atoms with Crippen LogP contribution in [-0.2, 0) is 11.3 Å². The number of carbonyl (C=O) groups is 1. The molecule has 0 aliphatic carbocycles. The molecular weight excluding hydrogens is 170 g/mol. The van der Waals surface area contributed by atoms with Crippen molar-refractivity contribution in [1.29, 1.82) is 0 Å². The summed E-state index contributed by atoms with van der Waals surface area (Å²) in [5, 5.41) is 2.71. The lowest BCUT2D eigenvalue weighted by Crippen LogP contribution is -2.23. The van der Waals surface area contributed by atoms with Gasteiger partial charge in [-0.3, -0.25) is 4.79 Å². The van der Waals surface area contributed by atoms with Crippen LogP contribution in [0.4, 0.5) is 0 Å². The van der Waals surface area contributed by atoms with Crippen LogP contribution in [0.2, 0.25) is 0 Å². The van der Waals surface area contributed by atoms with E-state index < -0.39 is 0 Å². The highest BCUT2D eigenvalue weighted by Crippen LogP contribution is 1.96. The van der Waals surface area contributed by atoms with Gasteiger partial charge in [-0.15, -0.1) is 0 Å². The van der Waals surface area contributed by atoms with Gasteiger partial charge in [-0.25, -0.2) is 0 Å². The summed E-state index contributed by atoms with van der Waals surface area (Å²) in [5.74, 6) is 0.0428. The molecule has 0 atom stereocenters. The monoisotopic (exact) mass is 180 g/mol. The van der Waals surface area contributed by atoms with Crippen LogP contribution < -0.4 is 5.32 Å². The van der Waals surface area contributed by atoms with E-state index in [1.54, 1.807) is 0 Å². The molecule has 3 heteroatoms. The zero-order valence-corrected chi connectivity index (χ0v) is 7.43. The molecule has 1 radical (unpaired) electrons. The molecular formula is C9H10NOS. The van der Waals surface area contributed by atoms with Crippen LogP contribution in [-0.4, -0.2) is 11.7 Å². The van der Waals surface area contributed by atoms with Crippen molar-refractivity contribution in [3.05, 3.63) is 35.9 Å².